The number of aromatic nitrogens is 2. The highest BCUT2D eigenvalue weighted by Gasteiger charge is 1.88. The van der Waals surface area contributed by atoms with Gasteiger partial charge in [0.1, 0.15) is 18.9 Å². The lowest BCUT2D eigenvalue weighted by atomic mass is 10.7. The molecule has 0 saturated carbocycles. The van der Waals surface area contributed by atoms with E-state index < -0.39 is 0 Å². The van der Waals surface area contributed by atoms with E-state index in [-0.39, 0.29) is 0 Å². The molecule has 2 nitrogen and oxygen atoms in total. The summed E-state index contributed by atoms with van der Waals surface area (Å²) in [4.78, 5) is 2.91. The van der Waals surface area contributed by atoms with Crippen LogP contribution < -0.4 is 4.57 Å². The second-order valence-electron chi connectivity index (χ2n) is 1.47. The van der Waals surface area contributed by atoms with Crippen LogP contribution in [0.1, 0.15) is 0 Å². The molecule has 0 spiro atoms. The molecule has 0 saturated heterocycles. The highest BCUT2D eigenvalue weighted by Crippen LogP contribution is 1.66. The number of hydrogen-bond donors (Lipinski definition) is 1. The van der Waals surface area contributed by atoms with Gasteiger partial charge in [0.05, 0.1) is 0 Å². The Morgan fingerprint density at radius 2 is 2.62 bits per heavy atom. The highest BCUT2D eigenvalue weighted by molar-refractivity contribution is 7.78. The topological polar surface area (TPSA) is 19.7 Å². The summed E-state index contributed by atoms with van der Waals surface area (Å²) in [6.07, 6.45) is 5.66. The first-order chi connectivity index (χ1) is 3.93. The minimum absolute atomic E-state index is 0.804. The molecule has 0 bridgehead atoms. The molecule has 1 N–H and O–H groups in total. The van der Waals surface area contributed by atoms with Gasteiger partial charge in [0.15, 0.2) is 0 Å². The van der Waals surface area contributed by atoms with Gasteiger partial charge < -0.3 is 0 Å². The molecular weight excluding hydrogens is 120 g/mol. The smallest absolute Gasteiger partial charge is 0.241 e. The van der Waals surface area contributed by atoms with E-state index in [1.165, 1.54) is 0 Å². The number of nitrogens with one attached hydrogen (secondary N) is 1. The Hall–Kier alpha value is -0.700. The highest BCUT2D eigenvalue weighted by atomic mass is 32.1. The predicted octanol–water partition coefficient (Wildman–Crippen LogP) is 0.302. The Labute approximate surface area is 53.2 Å². The Bertz CT molecular complexity index is 157. The molecular formula is C5H7N2S+. The number of nitrogens with zero attached hydrogens (tertiary/aromatic N) is 1. The van der Waals surface area contributed by atoms with Crippen LogP contribution in [0.5, 0.6) is 0 Å². The van der Waals surface area contributed by atoms with Gasteiger partial charge in [-0.2, -0.15) is 0 Å². The van der Waals surface area contributed by atoms with Gasteiger partial charge in [0, 0.05) is 5.37 Å². The maximum absolute atomic E-state index is 4.64. The molecule has 1 aromatic rings. The summed E-state index contributed by atoms with van der Waals surface area (Å²) < 4.78 is 1.97. The Kier molecular flexibility index (Phi) is 1.75. The zero-order chi connectivity index (χ0) is 5.82. The van der Waals surface area contributed by atoms with Crippen LogP contribution in [0.4, 0.5) is 0 Å². The molecule has 42 valence electrons. The fourth-order valence-electron chi connectivity index (χ4n) is 0.520. The minimum Gasteiger partial charge on any atom is -0.250 e. The van der Waals surface area contributed by atoms with E-state index in [1.54, 1.807) is 5.37 Å². The van der Waals surface area contributed by atoms with Crippen molar-refractivity contribution in [2.24, 2.45) is 0 Å². The van der Waals surface area contributed by atoms with Crippen molar-refractivity contribution in [2.45, 2.75) is 6.54 Å². The van der Waals surface area contributed by atoms with Crippen molar-refractivity contribution in [1.29, 1.82) is 0 Å². The quantitative estimate of drug-likeness (QED) is 0.447. The third-order valence-electron chi connectivity index (χ3n) is 0.888. The minimum atomic E-state index is 0.804. The van der Waals surface area contributed by atoms with Crippen LogP contribution in [0.15, 0.2) is 18.7 Å². The molecule has 0 fully saturated rings. The molecule has 3 heteroatoms. The molecule has 1 heterocycles. The standard InChI is InChI=1S/C5H6N2S/c8-4-3-7-2-1-6-5-7/h1-2,4-5H,3H2/p+1. The molecule has 1 aromatic heterocycles. The summed E-state index contributed by atoms with van der Waals surface area (Å²) in [5.74, 6) is 0. The average molecular weight is 127 g/mol. The molecule has 0 radical (unpaired) electrons. The van der Waals surface area contributed by atoms with Gasteiger partial charge in [-0.25, -0.2) is 4.57 Å². The molecule has 0 unspecified atom stereocenters. The van der Waals surface area contributed by atoms with Crippen molar-refractivity contribution in [2.75, 3.05) is 0 Å². The third kappa shape index (κ3) is 1.13. The summed E-state index contributed by atoms with van der Waals surface area (Å²) in [6, 6.07) is 0. The van der Waals surface area contributed by atoms with E-state index in [2.05, 4.69) is 17.2 Å². The number of H-pyrrole nitrogens is 1. The van der Waals surface area contributed by atoms with Crippen molar-refractivity contribution in [1.82, 2.24) is 4.98 Å². The molecule has 0 atom stereocenters. The van der Waals surface area contributed by atoms with Crippen molar-refractivity contribution in [3.63, 3.8) is 0 Å². The predicted molar refractivity (Wildman–Crippen MR) is 34.6 cm³/mol. The lowest BCUT2D eigenvalue weighted by Crippen LogP contribution is -2.30. The van der Waals surface area contributed by atoms with Gasteiger partial charge >= 0.3 is 0 Å². The summed E-state index contributed by atoms with van der Waals surface area (Å²) in [5.41, 5.74) is 0. The fraction of sp³-hybridized carbons (Fsp3) is 0.200. The second-order valence-corrected chi connectivity index (χ2v) is 1.81. The number of rotatable bonds is 2. The lowest BCUT2D eigenvalue weighted by molar-refractivity contribution is -0.679. The van der Waals surface area contributed by atoms with E-state index in [0.717, 1.165) is 6.54 Å². The number of hydrogen-bond acceptors (Lipinski definition) is 1. The second kappa shape index (κ2) is 2.57. The largest absolute Gasteiger partial charge is 0.250 e. The van der Waals surface area contributed by atoms with Gasteiger partial charge in [-0.15, -0.1) is 0 Å². The maximum atomic E-state index is 4.64. The van der Waals surface area contributed by atoms with Crippen molar-refractivity contribution in [3.8, 4) is 0 Å². The Balaban J connectivity index is 2.62. The lowest BCUT2D eigenvalue weighted by Gasteiger charge is -1.80. The van der Waals surface area contributed by atoms with Gasteiger partial charge in [-0.05, 0) is 0 Å². The molecule has 1 rings (SSSR count). The van der Waals surface area contributed by atoms with Gasteiger partial charge in [0.25, 0.3) is 0 Å². The Morgan fingerprint density at radius 3 is 3.12 bits per heavy atom. The van der Waals surface area contributed by atoms with Crippen LogP contribution in [0.2, 0.25) is 0 Å². The van der Waals surface area contributed by atoms with Crippen molar-refractivity contribution < 1.29 is 4.57 Å². The van der Waals surface area contributed by atoms with Crippen LogP contribution in [0.3, 0.4) is 0 Å². The molecule has 0 aliphatic heterocycles. The zero-order valence-electron chi connectivity index (χ0n) is 4.37. The molecule has 0 aliphatic rings. The summed E-state index contributed by atoms with van der Waals surface area (Å²) in [7, 11) is 0. The van der Waals surface area contributed by atoms with Crippen LogP contribution in [-0.2, 0) is 6.54 Å². The normalized spacial score (nSPS) is 9.00. The maximum Gasteiger partial charge on any atom is 0.241 e. The van der Waals surface area contributed by atoms with Crippen LogP contribution in [-0.4, -0.2) is 10.4 Å². The van der Waals surface area contributed by atoms with Crippen LogP contribution in [0, 0.1) is 0 Å². The molecule has 8 heavy (non-hydrogen) atoms. The van der Waals surface area contributed by atoms with E-state index in [4.69, 9.17) is 0 Å². The molecule has 0 aromatic carbocycles. The van der Waals surface area contributed by atoms with E-state index in [9.17, 15) is 0 Å². The fourth-order valence-corrected chi connectivity index (χ4v) is 0.692. The number of aromatic amines is 1. The summed E-state index contributed by atoms with van der Waals surface area (Å²) in [5, 5.41) is 1.69. The first-order valence-corrected chi connectivity index (χ1v) is 2.86. The van der Waals surface area contributed by atoms with Crippen LogP contribution >= 0.6 is 12.2 Å². The van der Waals surface area contributed by atoms with E-state index in [1.807, 2.05) is 23.3 Å². The first kappa shape index (κ1) is 5.44. The number of thiocarbonyl (C=S) groups is 1. The van der Waals surface area contributed by atoms with E-state index >= 15 is 0 Å². The monoisotopic (exact) mass is 127 g/mol. The van der Waals surface area contributed by atoms with Crippen LogP contribution in [0.25, 0.3) is 0 Å². The zero-order valence-corrected chi connectivity index (χ0v) is 5.19. The molecule has 0 amide bonds. The first-order valence-electron chi connectivity index (χ1n) is 2.39. The summed E-state index contributed by atoms with van der Waals surface area (Å²) in [6.45, 7) is 0.804. The average Bonchev–Trinajstić information content (AvgIpc) is 2.19. The van der Waals surface area contributed by atoms with Gasteiger partial charge in [-0.3, -0.25) is 4.98 Å². The SMILES string of the molecule is S=CC[n+]1cc[nH]c1. The summed E-state index contributed by atoms with van der Waals surface area (Å²) >= 11 is 4.64. The van der Waals surface area contributed by atoms with Crippen molar-refractivity contribution in [3.05, 3.63) is 18.7 Å². The van der Waals surface area contributed by atoms with Gasteiger partial charge in [-0.1, -0.05) is 12.2 Å². The van der Waals surface area contributed by atoms with Crippen molar-refractivity contribution >= 4 is 17.6 Å². The number of imidazole rings is 1. The van der Waals surface area contributed by atoms with Gasteiger partial charge in [0.2, 0.25) is 6.33 Å². The Morgan fingerprint density at radius 1 is 1.75 bits per heavy atom. The molecule has 0 aliphatic carbocycles. The third-order valence-corrected chi connectivity index (χ3v) is 1.04. The van der Waals surface area contributed by atoms with E-state index in [0.29, 0.717) is 0 Å².